The topological polar surface area (TPSA) is 44.1 Å². The molecule has 0 bridgehead atoms. The van der Waals surface area contributed by atoms with Crippen LogP contribution in [0, 0.1) is 0 Å². The van der Waals surface area contributed by atoms with Crippen molar-refractivity contribution in [1.82, 2.24) is 9.78 Å². The van der Waals surface area contributed by atoms with Crippen LogP contribution >= 0.6 is 0 Å². The van der Waals surface area contributed by atoms with Crippen molar-refractivity contribution in [2.75, 3.05) is 6.61 Å². The Kier molecular flexibility index (Phi) is 5.73. The van der Waals surface area contributed by atoms with Crippen molar-refractivity contribution >= 4 is 5.97 Å². The second-order valence-corrected chi connectivity index (χ2v) is 4.18. The highest BCUT2D eigenvalue weighted by Gasteiger charge is 2.13. The minimum absolute atomic E-state index is 0.290. The van der Waals surface area contributed by atoms with Gasteiger partial charge in [0.25, 0.3) is 0 Å². The maximum atomic E-state index is 11.6. The van der Waals surface area contributed by atoms with Crippen molar-refractivity contribution in [3.05, 3.63) is 17.5 Å². The van der Waals surface area contributed by atoms with E-state index in [1.807, 2.05) is 6.07 Å². The van der Waals surface area contributed by atoms with E-state index in [0.29, 0.717) is 12.3 Å². The van der Waals surface area contributed by atoms with Crippen molar-refractivity contribution in [3.8, 4) is 0 Å². The molecule has 0 aromatic carbocycles. The fourth-order valence-corrected chi connectivity index (χ4v) is 1.78. The Hall–Kier alpha value is -1.32. The quantitative estimate of drug-likeness (QED) is 0.542. The number of rotatable bonds is 7. The van der Waals surface area contributed by atoms with Gasteiger partial charge < -0.3 is 4.74 Å². The SMILES string of the molecule is CCCCCCc1cc(C(=O)OCC)n(C)n1. The molecule has 0 fully saturated rings. The molecule has 0 atom stereocenters. The second-order valence-electron chi connectivity index (χ2n) is 4.18. The molecule has 96 valence electrons. The Balaban J connectivity index is 2.52. The fraction of sp³-hybridized carbons (Fsp3) is 0.692. The molecule has 0 radical (unpaired) electrons. The molecule has 0 aliphatic heterocycles. The molecule has 4 nitrogen and oxygen atoms in total. The molecule has 0 saturated heterocycles. The highest BCUT2D eigenvalue weighted by atomic mass is 16.5. The van der Waals surface area contributed by atoms with Gasteiger partial charge in [0.05, 0.1) is 12.3 Å². The van der Waals surface area contributed by atoms with E-state index in [4.69, 9.17) is 4.74 Å². The van der Waals surface area contributed by atoms with Crippen LogP contribution in [-0.4, -0.2) is 22.4 Å². The summed E-state index contributed by atoms with van der Waals surface area (Å²) < 4.78 is 6.57. The average Bonchev–Trinajstić information content (AvgIpc) is 2.66. The third kappa shape index (κ3) is 4.21. The Morgan fingerprint density at radius 3 is 2.76 bits per heavy atom. The lowest BCUT2D eigenvalue weighted by atomic mass is 10.1. The van der Waals surface area contributed by atoms with Gasteiger partial charge in [0.1, 0.15) is 5.69 Å². The van der Waals surface area contributed by atoms with Crippen LogP contribution in [0.25, 0.3) is 0 Å². The van der Waals surface area contributed by atoms with E-state index >= 15 is 0 Å². The molecule has 0 unspecified atom stereocenters. The van der Waals surface area contributed by atoms with Crippen LogP contribution in [0.2, 0.25) is 0 Å². The summed E-state index contributed by atoms with van der Waals surface area (Å²) in [4.78, 5) is 11.6. The van der Waals surface area contributed by atoms with Crippen LogP contribution in [0.1, 0.15) is 55.7 Å². The summed E-state index contributed by atoms with van der Waals surface area (Å²) in [6.45, 7) is 4.40. The summed E-state index contributed by atoms with van der Waals surface area (Å²) in [5.74, 6) is -0.290. The highest BCUT2D eigenvalue weighted by Crippen LogP contribution is 2.09. The number of aryl methyl sites for hydroxylation is 2. The molecule has 1 aromatic rings. The van der Waals surface area contributed by atoms with Crippen molar-refractivity contribution < 1.29 is 9.53 Å². The summed E-state index contributed by atoms with van der Waals surface area (Å²) in [5, 5.41) is 4.33. The average molecular weight is 238 g/mol. The number of hydrogen-bond donors (Lipinski definition) is 0. The van der Waals surface area contributed by atoms with Gasteiger partial charge in [-0.2, -0.15) is 5.10 Å². The third-order valence-corrected chi connectivity index (χ3v) is 2.70. The van der Waals surface area contributed by atoms with E-state index in [2.05, 4.69) is 12.0 Å². The molecule has 4 heteroatoms. The van der Waals surface area contributed by atoms with Gasteiger partial charge in [0.15, 0.2) is 0 Å². The van der Waals surface area contributed by atoms with Gasteiger partial charge in [0.2, 0.25) is 0 Å². The maximum absolute atomic E-state index is 11.6. The van der Waals surface area contributed by atoms with Gasteiger partial charge in [-0.05, 0) is 25.8 Å². The summed E-state index contributed by atoms with van der Waals surface area (Å²) in [5.41, 5.74) is 1.52. The van der Waals surface area contributed by atoms with Crippen LogP contribution in [0.15, 0.2) is 6.07 Å². The Labute approximate surface area is 103 Å². The van der Waals surface area contributed by atoms with E-state index in [-0.39, 0.29) is 5.97 Å². The van der Waals surface area contributed by atoms with Gasteiger partial charge >= 0.3 is 5.97 Å². The Morgan fingerprint density at radius 1 is 1.35 bits per heavy atom. The summed E-state index contributed by atoms with van der Waals surface area (Å²) in [7, 11) is 1.78. The molecule has 1 rings (SSSR count). The van der Waals surface area contributed by atoms with Gasteiger partial charge in [-0.15, -0.1) is 0 Å². The van der Waals surface area contributed by atoms with Crippen molar-refractivity contribution in [2.45, 2.75) is 46.0 Å². The summed E-state index contributed by atoms with van der Waals surface area (Å²) in [6, 6.07) is 1.84. The lowest BCUT2D eigenvalue weighted by Crippen LogP contribution is -2.10. The van der Waals surface area contributed by atoms with Gasteiger partial charge in [-0.3, -0.25) is 4.68 Å². The van der Waals surface area contributed by atoms with Crippen LogP contribution in [0.5, 0.6) is 0 Å². The van der Waals surface area contributed by atoms with E-state index in [1.54, 1.807) is 18.7 Å². The van der Waals surface area contributed by atoms with E-state index in [0.717, 1.165) is 18.5 Å². The van der Waals surface area contributed by atoms with Gasteiger partial charge in [-0.1, -0.05) is 26.2 Å². The first-order valence-electron chi connectivity index (χ1n) is 6.39. The summed E-state index contributed by atoms with van der Waals surface area (Å²) in [6.07, 6.45) is 5.79. The molecular weight excluding hydrogens is 216 g/mol. The Bertz CT molecular complexity index is 358. The van der Waals surface area contributed by atoms with Crippen LogP contribution in [0.4, 0.5) is 0 Å². The minimum Gasteiger partial charge on any atom is -0.461 e. The molecule has 0 spiro atoms. The van der Waals surface area contributed by atoms with Gasteiger partial charge in [0, 0.05) is 7.05 Å². The molecule has 1 aromatic heterocycles. The third-order valence-electron chi connectivity index (χ3n) is 2.70. The molecule has 0 amide bonds. The maximum Gasteiger partial charge on any atom is 0.356 e. The van der Waals surface area contributed by atoms with Crippen LogP contribution in [-0.2, 0) is 18.2 Å². The first-order valence-corrected chi connectivity index (χ1v) is 6.39. The summed E-state index contributed by atoms with van der Waals surface area (Å²) >= 11 is 0. The monoisotopic (exact) mass is 238 g/mol. The predicted octanol–water partition coefficient (Wildman–Crippen LogP) is 2.72. The number of hydrogen-bond acceptors (Lipinski definition) is 3. The molecule has 1 heterocycles. The molecular formula is C13H22N2O2. The van der Waals surface area contributed by atoms with Crippen LogP contribution < -0.4 is 0 Å². The zero-order valence-electron chi connectivity index (χ0n) is 11.0. The number of carbonyl (C=O) groups is 1. The number of ether oxygens (including phenoxy) is 1. The standard InChI is InChI=1S/C13H22N2O2/c1-4-6-7-8-9-11-10-12(15(3)14-11)13(16)17-5-2/h10H,4-9H2,1-3H3. The normalized spacial score (nSPS) is 10.5. The molecule has 0 aliphatic rings. The molecule has 0 aliphatic carbocycles. The number of esters is 1. The van der Waals surface area contributed by atoms with Crippen LogP contribution in [0.3, 0.4) is 0 Å². The number of aromatic nitrogens is 2. The zero-order valence-corrected chi connectivity index (χ0v) is 11.0. The Morgan fingerprint density at radius 2 is 2.12 bits per heavy atom. The van der Waals surface area contributed by atoms with E-state index < -0.39 is 0 Å². The van der Waals surface area contributed by atoms with E-state index in [1.165, 1.54) is 19.3 Å². The molecule has 17 heavy (non-hydrogen) atoms. The number of nitrogens with zero attached hydrogens (tertiary/aromatic N) is 2. The van der Waals surface area contributed by atoms with Crippen molar-refractivity contribution in [1.29, 1.82) is 0 Å². The molecule has 0 saturated carbocycles. The largest absolute Gasteiger partial charge is 0.461 e. The van der Waals surface area contributed by atoms with Crippen molar-refractivity contribution in [3.63, 3.8) is 0 Å². The predicted molar refractivity (Wildman–Crippen MR) is 67.0 cm³/mol. The lowest BCUT2D eigenvalue weighted by Gasteiger charge is -2.00. The molecule has 0 N–H and O–H groups in total. The first-order chi connectivity index (χ1) is 8.19. The first kappa shape index (κ1) is 13.7. The number of carbonyl (C=O) groups excluding carboxylic acids is 1. The fourth-order valence-electron chi connectivity index (χ4n) is 1.78. The van der Waals surface area contributed by atoms with Gasteiger partial charge in [-0.25, -0.2) is 4.79 Å². The second kappa shape index (κ2) is 7.09. The highest BCUT2D eigenvalue weighted by molar-refractivity contribution is 5.87. The van der Waals surface area contributed by atoms with Crippen molar-refractivity contribution in [2.24, 2.45) is 7.05 Å². The smallest absolute Gasteiger partial charge is 0.356 e. The minimum atomic E-state index is -0.290. The zero-order chi connectivity index (χ0) is 12.7. The van der Waals surface area contributed by atoms with E-state index in [9.17, 15) is 4.79 Å². The lowest BCUT2D eigenvalue weighted by molar-refractivity contribution is 0.0513. The number of unbranched alkanes of at least 4 members (excludes halogenated alkanes) is 3.